The van der Waals surface area contributed by atoms with Gasteiger partial charge < -0.3 is 18.9 Å². The third kappa shape index (κ3) is 2.82. The summed E-state index contributed by atoms with van der Waals surface area (Å²) in [6, 6.07) is 3.71. The number of anilines is 1. The van der Waals surface area contributed by atoms with E-state index in [-0.39, 0.29) is 5.76 Å². The Bertz CT molecular complexity index is 745. The van der Waals surface area contributed by atoms with Gasteiger partial charge >= 0.3 is 5.91 Å². The monoisotopic (exact) mass is 335 g/mol. The van der Waals surface area contributed by atoms with Crippen LogP contribution in [0.4, 0.5) is 5.13 Å². The predicted octanol–water partition coefficient (Wildman–Crippen LogP) is 1.40. The quantitative estimate of drug-likeness (QED) is 0.819. The van der Waals surface area contributed by atoms with Gasteiger partial charge in [-0.05, 0) is 0 Å². The topological polar surface area (TPSA) is 90.9 Å². The van der Waals surface area contributed by atoms with E-state index in [2.05, 4.69) is 15.8 Å². The lowest BCUT2D eigenvalue weighted by Gasteiger charge is -2.17. The van der Waals surface area contributed by atoms with E-state index in [0.29, 0.717) is 43.1 Å². The van der Waals surface area contributed by atoms with E-state index in [1.54, 1.807) is 0 Å². The molecular weight excluding hydrogens is 322 g/mol. The zero-order valence-electron chi connectivity index (χ0n) is 12.0. The van der Waals surface area contributed by atoms with Crippen molar-refractivity contribution in [1.29, 1.82) is 0 Å². The second kappa shape index (κ2) is 5.84. The number of hydrazine groups is 1. The first-order valence-corrected chi connectivity index (χ1v) is 7.82. The number of hydrogen-bond acceptors (Lipinski definition) is 8. The van der Waals surface area contributed by atoms with E-state index in [0.717, 1.165) is 10.2 Å². The molecule has 8 nitrogen and oxygen atoms in total. The summed E-state index contributed by atoms with van der Waals surface area (Å²) in [5.41, 5.74) is 6.06. The molecule has 0 spiro atoms. The maximum absolute atomic E-state index is 11.9. The Labute approximate surface area is 135 Å². The number of rotatable bonds is 3. The SMILES string of the molecule is O=C(NNc1nc2cc3c(cc2s1)OCCO3)C1=COCCO1. The smallest absolute Gasteiger partial charge is 0.307 e. The van der Waals surface area contributed by atoms with Crippen LogP contribution < -0.4 is 20.3 Å². The minimum absolute atomic E-state index is 0.127. The molecule has 0 bridgehead atoms. The average Bonchev–Trinajstić information content (AvgIpc) is 3.00. The van der Waals surface area contributed by atoms with Gasteiger partial charge in [-0.2, -0.15) is 0 Å². The zero-order valence-corrected chi connectivity index (χ0v) is 12.8. The van der Waals surface area contributed by atoms with Crippen LogP contribution in [0.15, 0.2) is 24.2 Å². The van der Waals surface area contributed by atoms with Crippen LogP contribution >= 0.6 is 11.3 Å². The van der Waals surface area contributed by atoms with Crippen LogP contribution in [0.1, 0.15) is 0 Å². The maximum atomic E-state index is 11.9. The van der Waals surface area contributed by atoms with Gasteiger partial charge in [-0.25, -0.2) is 4.98 Å². The first-order valence-electron chi connectivity index (χ1n) is 7.01. The van der Waals surface area contributed by atoms with Crippen molar-refractivity contribution < 1.29 is 23.7 Å². The van der Waals surface area contributed by atoms with Gasteiger partial charge in [0.15, 0.2) is 11.5 Å². The molecule has 2 aliphatic rings. The summed E-state index contributed by atoms with van der Waals surface area (Å²) in [4.78, 5) is 16.3. The van der Waals surface area contributed by atoms with E-state index in [1.807, 2.05) is 12.1 Å². The van der Waals surface area contributed by atoms with E-state index in [1.165, 1.54) is 17.6 Å². The molecule has 1 amide bonds. The van der Waals surface area contributed by atoms with Crippen LogP contribution in [0.5, 0.6) is 11.5 Å². The number of nitrogens with one attached hydrogen (secondary N) is 2. The number of aromatic nitrogens is 1. The number of carbonyl (C=O) groups is 1. The lowest BCUT2D eigenvalue weighted by molar-refractivity contribution is -0.121. The van der Waals surface area contributed by atoms with Gasteiger partial charge in [0.05, 0.1) is 10.2 Å². The third-order valence-corrected chi connectivity index (χ3v) is 4.14. The molecule has 9 heteroatoms. The Morgan fingerprint density at radius 2 is 1.87 bits per heavy atom. The van der Waals surface area contributed by atoms with Crippen molar-refractivity contribution in [2.75, 3.05) is 31.9 Å². The minimum atomic E-state index is -0.421. The fourth-order valence-corrected chi connectivity index (χ4v) is 3.01. The molecule has 1 aromatic heterocycles. The van der Waals surface area contributed by atoms with Crippen molar-refractivity contribution in [3.8, 4) is 11.5 Å². The van der Waals surface area contributed by atoms with E-state index in [9.17, 15) is 4.79 Å². The van der Waals surface area contributed by atoms with Crippen LogP contribution in [0, 0.1) is 0 Å². The van der Waals surface area contributed by atoms with Gasteiger partial charge in [-0.1, -0.05) is 11.3 Å². The zero-order chi connectivity index (χ0) is 15.6. The Kier molecular flexibility index (Phi) is 3.54. The Balaban J connectivity index is 1.48. The number of amides is 1. The molecule has 3 heterocycles. The first kappa shape index (κ1) is 13.9. The molecule has 2 aromatic rings. The lowest BCUT2D eigenvalue weighted by Crippen LogP contribution is -2.32. The number of ether oxygens (including phenoxy) is 4. The van der Waals surface area contributed by atoms with Gasteiger partial charge in [0.2, 0.25) is 10.9 Å². The van der Waals surface area contributed by atoms with Gasteiger partial charge in [0.25, 0.3) is 0 Å². The van der Waals surface area contributed by atoms with E-state index >= 15 is 0 Å². The standard InChI is InChI=1S/C14H13N3O5S/c18-13(11-7-19-1-2-22-11)16-17-14-15-8-5-9-10(6-12(8)23-14)21-4-3-20-9/h5-7H,1-4H2,(H,15,17)(H,16,18). The van der Waals surface area contributed by atoms with Crippen molar-refractivity contribution in [2.45, 2.75) is 0 Å². The number of thiazole rings is 1. The Morgan fingerprint density at radius 1 is 1.09 bits per heavy atom. The fourth-order valence-electron chi connectivity index (χ4n) is 2.18. The highest BCUT2D eigenvalue weighted by molar-refractivity contribution is 7.22. The predicted molar refractivity (Wildman–Crippen MR) is 82.4 cm³/mol. The van der Waals surface area contributed by atoms with Crippen LogP contribution in [0.3, 0.4) is 0 Å². The van der Waals surface area contributed by atoms with Crippen LogP contribution in [-0.2, 0) is 14.3 Å². The Hall–Kier alpha value is -2.68. The fraction of sp³-hybridized carbons (Fsp3) is 0.286. The van der Waals surface area contributed by atoms with Crippen LogP contribution in [0.25, 0.3) is 10.2 Å². The number of hydrogen-bond donors (Lipinski definition) is 2. The molecule has 0 radical (unpaired) electrons. The molecule has 4 rings (SSSR count). The highest BCUT2D eigenvalue weighted by Crippen LogP contribution is 2.37. The molecule has 1 aromatic carbocycles. The molecule has 120 valence electrons. The summed E-state index contributed by atoms with van der Waals surface area (Å²) in [6.07, 6.45) is 1.29. The normalized spacial score (nSPS) is 16.1. The summed E-state index contributed by atoms with van der Waals surface area (Å²) in [5, 5.41) is 0.549. The Morgan fingerprint density at radius 3 is 2.65 bits per heavy atom. The van der Waals surface area contributed by atoms with Crippen LogP contribution in [-0.4, -0.2) is 37.3 Å². The lowest BCUT2D eigenvalue weighted by atomic mass is 10.3. The molecule has 0 saturated heterocycles. The molecule has 0 unspecified atom stereocenters. The molecule has 2 N–H and O–H groups in total. The summed E-state index contributed by atoms with van der Waals surface area (Å²) >= 11 is 1.39. The first-order chi connectivity index (χ1) is 11.3. The summed E-state index contributed by atoms with van der Waals surface area (Å²) in [6.45, 7) is 1.86. The van der Waals surface area contributed by atoms with Crippen LogP contribution in [0.2, 0.25) is 0 Å². The molecular formula is C14H13N3O5S. The molecule has 0 aliphatic carbocycles. The average molecular weight is 335 g/mol. The largest absolute Gasteiger partial charge is 0.494 e. The van der Waals surface area contributed by atoms with Crippen molar-refractivity contribution in [3.05, 3.63) is 24.2 Å². The minimum Gasteiger partial charge on any atom is -0.494 e. The number of nitrogens with zero attached hydrogens (tertiary/aromatic N) is 1. The van der Waals surface area contributed by atoms with Gasteiger partial charge in [-0.3, -0.25) is 15.6 Å². The molecule has 0 saturated carbocycles. The van der Waals surface area contributed by atoms with E-state index < -0.39 is 5.91 Å². The van der Waals surface area contributed by atoms with E-state index in [4.69, 9.17) is 18.9 Å². The second-order valence-electron chi connectivity index (χ2n) is 4.76. The maximum Gasteiger partial charge on any atom is 0.307 e. The van der Waals surface area contributed by atoms with Crippen molar-refractivity contribution in [3.63, 3.8) is 0 Å². The van der Waals surface area contributed by atoms with Gasteiger partial charge in [0, 0.05) is 12.1 Å². The summed E-state index contributed by atoms with van der Waals surface area (Å²) in [7, 11) is 0. The molecule has 0 fully saturated rings. The molecule has 2 aliphatic heterocycles. The van der Waals surface area contributed by atoms with Gasteiger partial charge in [0.1, 0.15) is 32.7 Å². The second-order valence-corrected chi connectivity index (χ2v) is 5.79. The highest BCUT2D eigenvalue weighted by atomic mass is 32.1. The van der Waals surface area contributed by atoms with Gasteiger partial charge in [-0.15, -0.1) is 0 Å². The highest BCUT2D eigenvalue weighted by Gasteiger charge is 2.17. The number of benzene rings is 1. The number of carbonyl (C=O) groups excluding carboxylic acids is 1. The van der Waals surface area contributed by atoms with Crippen molar-refractivity contribution in [2.24, 2.45) is 0 Å². The molecule has 23 heavy (non-hydrogen) atoms. The molecule has 0 atom stereocenters. The van der Waals surface area contributed by atoms with Crippen molar-refractivity contribution in [1.82, 2.24) is 10.4 Å². The summed E-state index contributed by atoms with van der Waals surface area (Å²) < 4.78 is 22.2. The summed E-state index contributed by atoms with van der Waals surface area (Å²) in [5.74, 6) is 1.10. The third-order valence-electron chi connectivity index (χ3n) is 3.21. The van der Waals surface area contributed by atoms with Crippen molar-refractivity contribution >= 4 is 32.6 Å². The number of fused-ring (bicyclic) bond motifs is 2.